The Morgan fingerprint density at radius 1 is 0.0182 bits per heavy atom. The van der Waals surface area contributed by atoms with Crippen molar-refractivity contribution in [3.63, 3.8) is 0 Å². The first kappa shape index (κ1) is 715. The summed E-state index contributed by atoms with van der Waals surface area (Å²) in [5.74, 6) is 0. The quantitative estimate of drug-likeness (QED) is 0.318. The van der Waals surface area contributed by atoms with Crippen molar-refractivity contribution in [3.05, 3.63) is 0 Å². The average molecular weight is 3240 g/mol. The van der Waals surface area contributed by atoms with E-state index in [9.17, 15) is 0 Å². The molecule has 0 aliphatic heterocycles. The Balaban J connectivity index is 0. The molecule has 0 aromatic carbocycles. The summed E-state index contributed by atoms with van der Waals surface area (Å²) in [7, 11) is 0. The third kappa shape index (κ3) is 673. The van der Waals surface area contributed by atoms with Crippen molar-refractivity contribution < 1.29 is 923 Å². The van der Waals surface area contributed by atoms with Crippen LogP contribution in [0.3, 0.4) is 0 Å². The summed E-state index contributed by atoms with van der Waals surface area (Å²) in [4.78, 5) is 0. The number of rotatable bonds is 0. The predicted octanol–water partition coefficient (Wildman–Crippen LogP) is -0.138. The molecule has 0 nitrogen and oxygen atoms in total. The third-order valence-corrected chi connectivity index (χ3v) is 0. The number of hydrogen-bond donors (Lipinski definition) is 0. The molecule has 0 unspecified atom stereocenters. The molecule has 0 rings (SSSR count). The maximum absolute atomic E-state index is 0. The summed E-state index contributed by atoms with van der Waals surface area (Å²) < 4.78 is 0. The molecular formula is Co55. The zero-order chi connectivity index (χ0) is 0. The molecule has 0 aliphatic rings. The molecule has 0 saturated carbocycles. The Morgan fingerprint density at radius 2 is 0.0182 bits per heavy atom. The summed E-state index contributed by atoms with van der Waals surface area (Å²) in [6, 6.07) is 0. The van der Waals surface area contributed by atoms with Crippen LogP contribution in [0.4, 0.5) is 0 Å². The first-order valence-electron chi connectivity index (χ1n) is 0. The van der Waals surface area contributed by atoms with Gasteiger partial charge in [-0.15, -0.1) is 0 Å². The Morgan fingerprint density at radius 3 is 0.0182 bits per heavy atom. The number of hydrogen-bond acceptors (Lipinski definition) is 0. The van der Waals surface area contributed by atoms with E-state index in [1.807, 2.05) is 0 Å². The van der Waals surface area contributed by atoms with Crippen molar-refractivity contribution in [2.75, 3.05) is 0 Å². The van der Waals surface area contributed by atoms with E-state index in [1.54, 1.807) is 0 Å². The molecule has 0 spiro atoms. The van der Waals surface area contributed by atoms with Crippen LogP contribution in [-0.4, -0.2) is 0 Å². The Labute approximate surface area is 899 Å². The van der Waals surface area contributed by atoms with Crippen LogP contribution in [0.5, 0.6) is 0 Å². The maximum Gasteiger partial charge on any atom is 0 e. The summed E-state index contributed by atoms with van der Waals surface area (Å²) in [6.07, 6.45) is 0. The van der Waals surface area contributed by atoms with Crippen LogP contribution in [0.1, 0.15) is 0 Å². The summed E-state index contributed by atoms with van der Waals surface area (Å²) in [6.45, 7) is 0. The fourth-order valence-corrected chi connectivity index (χ4v) is 0. The summed E-state index contributed by atoms with van der Waals surface area (Å²) in [5.41, 5.74) is 0. The van der Waals surface area contributed by atoms with Crippen LogP contribution in [0.25, 0.3) is 0 Å². The van der Waals surface area contributed by atoms with E-state index in [-0.39, 0.29) is 923 Å². The smallest absolute Gasteiger partial charge is 0 e. The van der Waals surface area contributed by atoms with E-state index in [4.69, 9.17) is 0 Å². The molecular weight excluding hydrogens is 3240 g/mol. The van der Waals surface area contributed by atoms with E-state index >= 15 is 0 Å². The van der Waals surface area contributed by atoms with Gasteiger partial charge in [-0.05, 0) is 0 Å². The molecule has 0 fully saturated rings. The second-order valence-electron chi connectivity index (χ2n) is 0. The monoisotopic (exact) mass is 3240 g/mol. The Kier molecular flexibility index (Phi) is 8970. The standard InChI is InChI=1S/55Co. The minimum atomic E-state index is 0. The minimum absolute atomic E-state index is 0. The Bertz CT molecular complexity index is 0. The van der Waals surface area contributed by atoms with Gasteiger partial charge in [0.25, 0.3) is 0 Å². The first-order valence-corrected chi connectivity index (χ1v) is 0. The predicted molar refractivity (Wildman–Crippen MR) is 0 cm³/mol. The van der Waals surface area contributed by atoms with E-state index in [2.05, 4.69) is 0 Å². The molecule has 0 heterocycles. The fraction of sp³-hybridized carbons (Fsp3) is 0. The maximum atomic E-state index is 0. The average Bonchev–Trinajstić information content (AvgIpc) is 0. The SMILES string of the molecule is [Co].[Co].[Co].[Co].[Co].[Co].[Co].[Co].[Co].[Co].[Co].[Co].[Co].[Co].[Co].[Co].[Co].[Co].[Co].[Co].[Co].[Co].[Co].[Co].[Co].[Co].[Co].[Co].[Co].[Co].[Co].[Co].[Co].[Co].[Co].[Co].[Co].[Co].[Co].[Co].[Co].[Co].[Co].[Co].[Co].[Co].[Co].[Co].[Co].[Co].[Co].[Co].[Co].[Co].[Co]. The molecule has 0 N–H and O–H groups in total. The van der Waals surface area contributed by atoms with Gasteiger partial charge in [0.1, 0.15) is 0 Å². The largest absolute Gasteiger partial charge is 0 e. The van der Waals surface area contributed by atoms with Crippen LogP contribution in [0, 0.1) is 0 Å². The van der Waals surface area contributed by atoms with Crippen molar-refractivity contribution in [2.45, 2.75) is 0 Å². The first-order chi connectivity index (χ1) is 0. The fourth-order valence-electron chi connectivity index (χ4n) is 0. The van der Waals surface area contributed by atoms with Crippen molar-refractivity contribution in [1.82, 2.24) is 0 Å². The molecule has 55 heteroatoms. The van der Waals surface area contributed by atoms with Crippen LogP contribution >= 0.6 is 0 Å². The van der Waals surface area contributed by atoms with Crippen LogP contribution < -0.4 is 0 Å². The zero-order valence-corrected chi connectivity index (χ0v) is 75.6. The van der Waals surface area contributed by atoms with E-state index < -0.39 is 0 Å². The normalized spacial score (nSPS) is 0. The molecule has 0 aromatic heterocycles. The van der Waals surface area contributed by atoms with Gasteiger partial charge in [0.05, 0.1) is 0 Å². The van der Waals surface area contributed by atoms with Gasteiger partial charge in [0.2, 0.25) is 0 Å². The van der Waals surface area contributed by atoms with E-state index in [0.717, 1.165) is 0 Å². The molecule has 0 bridgehead atoms. The summed E-state index contributed by atoms with van der Waals surface area (Å²) >= 11 is 0. The summed E-state index contributed by atoms with van der Waals surface area (Å²) in [5, 5.41) is 0. The van der Waals surface area contributed by atoms with Crippen molar-refractivity contribution in [1.29, 1.82) is 0 Å². The molecule has 495 valence electrons. The van der Waals surface area contributed by atoms with Crippen molar-refractivity contribution in [2.24, 2.45) is 0 Å². The molecule has 0 aliphatic carbocycles. The van der Waals surface area contributed by atoms with Gasteiger partial charge in [-0.25, -0.2) is 0 Å². The van der Waals surface area contributed by atoms with Crippen LogP contribution in [-0.2, 0) is 923 Å². The van der Waals surface area contributed by atoms with Gasteiger partial charge in [-0.3, -0.25) is 0 Å². The van der Waals surface area contributed by atoms with E-state index in [1.165, 1.54) is 0 Å². The van der Waals surface area contributed by atoms with Crippen molar-refractivity contribution in [3.8, 4) is 0 Å². The van der Waals surface area contributed by atoms with Gasteiger partial charge in [-0.2, -0.15) is 0 Å². The van der Waals surface area contributed by atoms with Gasteiger partial charge in [-0.1, -0.05) is 0 Å². The minimum Gasteiger partial charge on any atom is 0 e. The van der Waals surface area contributed by atoms with Gasteiger partial charge in [0, 0.05) is 923 Å². The molecule has 0 atom stereocenters. The van der Waals surface area contributed by atoms with Crippen molar-refractivity contribution >= 4 is 0 Å². The van der Waals surface area contributed by atoms with E-state index in [0.29, 0.717) is 0 Å². The van der Waals surface area contributed by atoms with Gasteiger partial charge < -0.3 is 0 Å². The zero-order valence-electron chi connectivity index (χ0n) is 18.3. The van der Waals surface area contributed by atoms with Gasteiger partial charge >= 0.3 is 0 Å². The molecule has 0 amide bonds. The third-order valence-electron chi connectivity index (χ3n) is 0. The Hall–Kier alpha value is 27.9. The second kappa shape index (κ2) is 690. The molecule has 55 radical (unpaired) electrons. The van der Waals surface area contributed by atoms with Crippen LogP contribution in [0.2, 0.25) is 0 Å². The molecule has 0 aromatic rings. The van der Waals surface area contributed by atoms with Gasteiger partial charge in [0.15, 0.2) is 0 Å². The topological polar surface area (TPSA) is 0 Å². The van der Waals surface area contributed by atoms with Crippen LogP contribution in [0.15, 0.2) is 0 Å². The molecule has 55 heavy (non-hydrogen) atoms. The second-order valence-corrected chi connectivity index (χ2v) is 0. The molecule has 0 saturated heterocycles.